The maximum absolute atomic E-state index is 6.58. The number of fused-ring (bicyclic) bond motifs is 10. The van der Waals surface area contributed by atoms with Crippen LogP contribution in [0, 0.1) is 0 Å². The summed E-state index contributed by atoms with van der Waals surface area (Å²) in [4.78, 5) is 10.1. The van der Waals surface area contributed by atoms with Crippen molar-refractivity contribution in [2.45, 2.75) is 26.2 Å². The highest BCUT2D eigenvalue weighted by Crippen LogP contribution is 2.41. The minimum absolute atomic E-state index is 0.0608. The number of pyridine rings is 1. The number of rotatable bonds is 2. The molecule has 0 bridgehead atoms. The van der Waals surface area contributed by atoms with Crippen molar-refractivity contribution in [1.29, 1.82) is 0 Å². The van der Waals surface area contributed by atoms with Gasteiger partial charge in [0.2, 0.25) is 5.71 Å². The van der Waals surface area contributed by atoms with Crippen LogP contribution >= 0.6 is 0 Å². The highest BCUT2D eigenvalue weighted by atomic mass is 16.3. The van der Waals surface area contributed by atoms with Crippen molar-refractivity contribution < 1.29 is 4.42 Å². The van der Waals surface area contributed by atoms with Crippen LogP contribution in [0.2, 0.25) is 0 Å². The van der Waals surface area contributed by atoms with Gasteiger partial charge in [-0.25, -0.2) is 9.97 Å². The quantitative estimate of drug-likeness (QED) is 0.195. The second-order valence-electron chi connectivity index (χ2n) is 12.7. The number of hydrogen-bond acceptors (Lipinski definition) is 3. The Morgan fingerprint density at radius 3 is 2.16 bits per heavy atom. The molecule has 0 N–H and O–H groups in total. The van der Waals surface area contributed by atoms with Gasteiger partial charge >= 0.3 is 0 Å². The Hall–Kier alpha value is -5.48. The summed E-state index contributed by atoms with van der Waals surface area (Å²) in [7, 11) is 0. The van der Waals surface area contributed by atoms with E-state index in [9.17, 15) is 0 Å². The molecule has 0 aliphatic carbocycles. The van der Waals surface area contributed by atoms with Crippen molar-refractivity contribution in [3.8, 4) is 17.1 Å². The molecule has 0 atom stereocenters. The maximum Gasteiger partial charge on any atom is 0.227 e. The number of benzene rings is 6. The van der Waals surface area contributed by atoms with Gasteiger partial charge in [-0.3, -0.25) is 4.57 Å². The lowest BCUT2D eigenvalue weighted by atomic mass is 9.87. The normalized spacial score (nSPS) is 12.4. The van der Waals surface area contributed by atoms with E-state index in [4.69, 9.17) is 14.4 Å². The van der Waals surface area contributed by atoms with Crippen LogP contribution in [0.15, 0.2) is 126 Å². The number of imidazole rings is 1. The van der Waals surface area contributed by atoms with Crippen molar-refractivity contribution in [3.05, 3.63) is 127 Å². The van der Waals surface area contributed by atoms with Gasteiger partial charge in [-0.15, -0.1) is 0 Å². The fourth-order valence-electron chi connectivity index (χ4n) is 6.78. The summed E-state index contributed by atoms with van der Waals surface area (Å²) >= 11 is 0. The Kier molecular flexibility index (Phi) is 5.13. The standard InChI is InChI=1S/C40H29N3O/c1-40(2,3)26-16-18-27(19-17-26)43-34-22-21-30-28-11-6-4-9-24(28)15-20-31(30)36(34)42-38(43)33-14-8-13-32-35-29-12-7-5-10-25(29)23-41-39(35)44-37(32)33/h4-23H,1-3H3. The highest BCUT2D eigenvalue weighted by molar-refractivity contribution is 6.20. The van der Waals surface area contributed by atoms with E-state index in [1.165, 1.54) is 21.7 Å². The minimum atomic E-state index is 0.0608. The summed E-state index contributed by atoms with van der Waals surface area (Å²) in [5, 5.41) is 9.10. The molecule has 0 fully saturated rings. The summed E-state index contributed by atoms with van der Waals surface area (Å²) in [5.41, 5.74) is 6.82. The molecule has 44 heavy (non-hydrogen) atoms. The number of aromatic nitrogens is 3. The first-order valence-corrected chi connectivity index (χ1v) is 15.1. The van der Waals surface area contributed by atoms with E-state index < -0.39 is 0 Å². The van der Waals surface area contributed by atoms with Crippen LogP contribution in [0.4, 0.5) is 0 Å². The lowest BCUT2D eigenvalue weighted by Crippen LogP contribution is -2.11. The summed E-state index contributed by atoms with van der Waals surface area (Å²) < 4.78 is 8.86. The third-order valence-corrected chi connectivity index (χ3v) is 9.03. The van der Waals surface area contributed by atoms with E-state index in [0.29, 0.717) is 5.71 Å². The van der Waals surface area contributed by atoms with Gasteiger partial charge in [0.05, 0.1) is 22.0 Å². The zero-order valence-electron chi connectivity index (χ0n) is 24.8. The van der Waals surface area contributed by atoms with Crippen LogP contribution in [0.25, 0.3) is 82.5 Å². The molecule has 0 amide bonds. The van der Waals surface area contributed by atoms with Gasteiger partial charge in [0.1, 0.15) is 11.4 Å². The second kappa shape index (κ2) is 9.01. The molecule has 210 valence electrons. The predicted octanol–water partition coefficient (Wildman–Crippen LogP) is 10.7. The molecule has 4 nitrogen and oxygen atoms in total. The molecule has 0 aliphatic heterocycles. The van der Waals surface area contributed by atoms with Gasteiger partial charge in [0.25, 0.3) is 0 Å². The average Bonchev–Trinajstić information content (AvgIpc) is 3.63. The van der Waals surface area contributed by atoms with Crippen LogP contribution in [0.1, 0.15) is 26.3 Å². The number of hydrogen-bond donors (Lipinski definition) is 0. The van der Waals surface area contributed by atoms with Crippen LogP contribution in [-0.4, -0.2) is 14.5 Å². The van der Waals surface area contributed by atoms with Crippen LogP contribution in [-0.2, 0) is 5.41 Å². The lowest BCUT2D eigenvalue weighted by Gasteiger charge is -2.19. The van der Waals surface area contributed by atoms with Crippen molar-refractivity contribution >= 4 is 65.4 Å². The Bertz CT molecular complexity index is 2580. The maximum atomic E-state index is 6.58. The smallest absolute Gasteiger partial charge is 0.227 e. The van der Waals surface area contributed by atoms with Gasteiger partial charge in [0.15, 0.2) is 0 Å². The molecule has 3 heterocycles. The molecular weight excluding hydrogens is 538 g/mol. The zero-order valence-corrected chi connectivity index (χ0v) is 24.8. The summed E-state index contributed by atoms with van der Waals surface area (Å²) in [6, 6.07) is 41.0. The molecule has 0 spiro atoms. The number of furan rings is 1. The molecule has 3 aromatic heterocycles. The first-order chi connectivity index (χ1) is 21.5. The number of para-hydroxylation sites is 1. The van der Waals surface area contributed by atoms with Crippen LogP contribution in [0.5, 0.6) is 0 Å². The Morgan fingerprint density at radius 2 is 1.34 bits per heavy atom. The first kappa shape index (κ1) is 25.1. The topological polar surface area (TPSA) is 43.9 Å². The molecule has 0 aliphatic rings. The predicted molar refractivity (Wildman–Crippen MR) is 183 cm³/mol. The van der Waals surface area contributed by atoms with Gasteiger partial charge in [-0.05, 0) is 56.8 Å². The molecule has 4 heteroatoms. The number of nitrogens with zero attached hydrogens (tertiary/aromatic N) is 3. The zero-order chi connectivity index (χ0) is 29.6. The largest absolute Gasteiger partial charge is 0.437 e. The van der Waals surface area contributed by atoms with E-state index >= 15 is 0 Å². The average molecular weight is 568 g/mol. The fourth-order valence-corrected chi connectivity index (χ4v) is 6.78. The minimum Gasteiger partial charge on any atom is -0.437 e. The summed E-state index contributed by atoms with van der Waals surface area (Å²) in [6.45, 7) is 6.74. The molecule has 9 rings (SSSR count). The molecule has 9 aromatic rings. The van der Waals surface area contributed by atoms with E-state index in [0.717, 1.165) is 60.6 Å². The second-order valence-corrected chi connectivity index (χ2v) is 12.7. The highest BCUT2D eigenvalue weighted by Gasteiger charge is 2.23. The molecule has 6 aromatic carbocycles. The molecule has 0 saturated heterocycles. The van der Waals surface area contributed by atoms with Crippen molar-refractivity contribution in [1.82, 2.24) is 14.5 Å². The van der Waals surface area contributed by atoms with Crippen LogP contribution < -0.4 is 0 Å². The van der Waals surface area contributed by atoms with Gasteiger partial charge in [-0.1, -0.05) is 112 Å². The van der Waals surface area contributed by atoms with Gasteiger partial charge in [-0.2, -0.15) is 0 Å². The Morgan fingerprint density at radius 1 is 0.614 bits per heavy atom. The molecule has 0 saturated carbocycles. The Balaban J connectivity index is 1.39. The van der Waals surface area contributed by atoms with Gasteiger partial charge < -0.3 is 4.42 Å². The monoisotopic (exact) mass is 567 g/mol. The Labute approximate surface area is 254 Å². The van der Waals surface area contributed by atoms with Crippen LogP contribution in [0.3, 0.4) is 0 Å². The van der Waals surface area contributed by atoms with E-state index in [2.05, 4.69) is 135 Å². The van der Waals surface area contributed by atoms with Crippen molar-refractivity contribution in [2.75, 3.05) is 0 Å². The molecule has 0 radical (unpaired) electrons. The fraction of sp³-hybridized carbons (Fsp3) is 0.100. The van der Waals surface area contributed by atoms with E-state index in [1.807, 2.05) is 12.3 Å². The molecule has 0 unspecified atom stereocenters. The van der Waals surface area contributed by atoms with Gasteiger partial charge in [0, 0.05) is 28.0 Å². The third-order valence-electron chi connectivity index (χ3n) is 9.03. The summed E-state index contributed by atoms with van der Waals surface area (Å²) in [6.07, 6.45) is 1.89. The van der Waals surface area contributed by atoms with E-state index in [1.54, 1.807) is 0 Å². The van der Waals surface area contributed by atoms with Crippen molar-refractivity contribution in [2.24, 2.45) is 0 Å². The molecular formula is C40H29N3O. The summed E-state index contributed by atoms with van der Waals surface area (Å²) in [5.74, 6) is 0.845. The SMILES string of the molecule is CC(C)(C)c1ccc(-n2c(-c3cccc4c3oc3ncc5ccccc5c34)nc3c4ccc5ccccc5c4ccc32)cc1. The van der Waals surface area contributed by atoms with Crippen molar-refractivity contribution in [3.63, 3.8) is 0 Å². The first-order valence-electron chi connectivity index (χ1n) is 15.1. The third kappa shape index (κ3) is 3.58. The lowest BCUT2D eigenvalue weighted by molar-refractivity contribution is 0.590. The van der Waals surface area contributed by atoms with E-state index in [-0.39, 0.29) is 5.41 Å².